The van der Waals surface area contributed by atoms with E-state index in [1.165, 1.54) is 11.1 Å². The first-order valence-corrected chi connectivity index (χ1v) is 5.83. The van der Waals surface area contributed by atoms with Gasteiger partial charge in [0.05, 0.1) is 5.69 Å². The van der Waals surface area contributed by atoms with E-state index >= 15 is 0 Å². The number of thiazole rings is 1. The van der Waals surface area contributed by atoms with Crippen LogP contribution < -0.4 is 5.32 Å². The molecule has 0 saturated heterocycles. The van der Waals surface area contributed by atoms with Crippen LogP contribution in [0.4, 0.5) is 0 Å². The van der Waals surface area contributed by atoms with Crippen molar-refractivity contribution in [2.45, 2.75) is 13.5 Å². The molecule has 78 valence electrons. The van der Waals surface area contributed by atoms with Gasteiger partial charge in [0.15, 0.2) is 0 Å². The van der Waals surface area contributed by atoms with Gasteiger partial charge in [-0.1, -0.05) is 23.8 Å². The molecule has 0 bridgehead atoms. The van der Waals surface area contributed by atoms with Crippen molar-refractivity contribution in [1.82, 2.24) is 10.3 Å². The van der Waals surface area contributed by atoms with E-state index in [1.807, 2.05) is 7.05 Å². The molecular formula is C12H14N2S. The van der Waals surface area contributed by atoms with Gasteiger partial charge in [0.25, 0.3) is 0 Å². The number of rotatable bonds is 3. The number of benzene rings is 1. The molecule has 0 atom stereocenters. The van der Waals surface area contributed by atoms with Gasteiger partial charge in [0.2, 0.25) is 0 Å². The van der Waals surface area contributed by atoms with Gasteiger partial charge in [-0.25, -0.2) is 4.98 Å². The summed E-state index contributed by atoms with van der Waals surface area (Å²) in [5, 5.41) is 6.31. The van der Waals surface area contributed by atoms with Crippen molar-refractivity contribution in [3.05, 3.63) is 40.9 Å². The van der Waals surface area contributed by atoms with Crippen molar-refractivity contribution < 1.29 is 0 Å². The molecule has 0 aliphatic rings. The second kappa shape index (κ2) is 4.55. The molecule has 1 heterocycles. The van der Waals surface area contributed by atoms with Crippen LogP contribution in [0, 0.1) is 6.92 Å². The van der Waals surface area contributed by atoms with E-state index in [9.17, 15) is 0 Å². The molecule has 2 rings (SSSR count). The summed E-state index contributed by atoms with van der Waals surface area (Å²) < 4.78 is 0. The SMILES string of the molecule is CNCc1csc(-c2cccc(C)c2)n1. The molecule has 1 aromatic heterocycles. The summed E-state index contributed by atoms with van der Waals surface area (Å²) in [6, 6.07) is 8.45. The largest absolute Gasteiger partial charge is 0.314 e. The zero-order valence-electron chi connectivity index (χ0n) is 8.95. The van der Waals surface area contributed by atoms with Crippen LogP contribution in [-0.2, 0) is 6.54 Å². The third-order valence-corrected chi connectivity index (χ3v) is 3.11. The molecule has 2 aromatic rings. The van der Waals surface area contributed by atoms with Gasteiger partial charge >= 0.3 is 0 Å². The normalized spacial score (nSPS) is 10.5. The van der Waals surface area contributed by atoms with Gasteiger partial charge in [-0.2, -0.15) is 0 Å². The van der Waals surface area contributed by atoms with Gasteiger partial charge in [0, 0.05) is 17.5 Å². The second-order valence-electron chi connectivity index (χ2n) is 3.54. The predicted octanol–water partition coefficient (Wildman–Crippen LogP) is 2.84. The Balaban J connectivity index is 2.29. The summed E-state index contributed by atoms with van der Waals surface area (Å²) in [5.74, 6) is 0. The minimum atomic E-state index is 0.836. The van der Waals surface area contributed by atoms with Gasteiger partial charge in [-0.05, 0) is 20.0 Å². The van der Waals surface area contributed by atoms with Crippen LogP contribution in [0.2, 0.25) is 0 Å². The summed E-state index contributed by atoms with van der Waals surface area (Å²) in [6.07, 6.45) is 0. The number of nitrogens with zero attached hydrogens (tertiary/aromatic N) is 1. The topological polar surface area (TPSA) is 24.9 Å². The van der Waals surface area contributed by atoms with E-state index in [1.54, 1.807) is 11.3 Å². The lowest BCUT2D eigenvalue weighted by Crippen LogP contribution is -2.04. The van der Waals surface area contributed by atoms with Crippen molar-refractivity contribution in [3.8, 4) is 10.6 Å². The first-order chi connectivity index (χ1) is 7.29. The van der Waals surface area contributed by atoms with Crippen LogP contribution in [0.1, 0.15) is 11.3 Å². The average Bonchev–Trinajstić information content (AvgIpc) is 2.67. The van der Waals surface area contributed by atoms with E-state index in [0.29, 0.717) is 0 Å². The molecule has 0 aliphatic carbocycles. The van der Waals surface area contributed by atoms with Crippen molar-refractivity contribution in [2.75, 3.05) is 7.05 Å². The lowest BCUT2D eigenvalue weighted by molar-refractivity contribution is 0.798. The molecule has 0 unspecified atom stereocenters. The monoisotopic (exact) mass is 218 g/mol. The van der Waals surface area contributed by atoms with E-state index in [4.69, 9.17) is 0 Å². The molecule has 0 amide bonds. The maximum Gasteiger partial charge on any atom is 0.123 e. The van der Waals surface area contributed by atoms with Gasteiger partial charge in [0.1, 0.15) is 5.01 Å². The number of hydrogen-bond acceptors (Lipinski definition) is 3. The Labute approximate surface area is 94.0 Å². The van der Waals surface area contributed by atoms with E-state index in [-0.39, 0.29) is 0 Å². The number of aromatic nitrogens is 1. The smallest absolute Gasteiger partial charge is 0.123 e. The minimum absolute atomic E-state index is 0.836. The predicted molar refractivity (Wildman–Crippen MR) is 65.1 cm³/mol. The Hall–Kier alpha value is -1.19. The molecule has 15 heavy (non-hydrogen) atoms. The highest BCUT2D eigenvalue weighted by molar-refractivity contribution is 7.13. The van der Waals surface area contributed by atoms with Crippen molar-refractivity contribution in [1.29, 1.82) is 0 Å². The van der Waals surface area contributed by atoms with Gasteiger partial charge in [-0.15, -0.1) is 11.3 Å². The summed E-state index contributed by atoms with van der Waals surface area (Å²) in [6.45, 7) is 2.94. The standard InChI is InChI=1S/C12H14N2S/c1-9-4-3-5-10(6-9)12-14-11(7-13-2)8-15-12/h3-6,8,13H,7H2,1-2H3. The van der Waals surface area contributed by atoms with Crippen LogP contribution in [0.3, 0.4) is 0 Å². The Morgan fingerprint density at radius 2 is 2.27 bits per heavy atom. The highest BCUT2D eigenvalue weighted by Crippen LogP contribution is 2.24. The van der Waals surface area contributed by atoms with Crippen LogP contribution in [0.5, 0.6) is 0 Å². The molecule has 0 aliphatic heterocycles. The van der Waals surface area contributed by atoms with Gasteiger partial charge < -0.3 is 5.32 Å². The van der Waals surface area contributed by atoms with Crippen LogP contribution in [-0.4, -0.2) is 12.0 Å². The highest BCUT2D eigenvalue weighted by Gasteiger charge is 2.03. The Morgan fingerprint density at radius 1 is 1.40 bits per heavy atom. The number of aryl methyl sites for hydroxylation is 1. The maximum atomic E-state index is 4.57. The molecule has 1 aromatic carbocycles. The van der Waals surface area contributed by atoms with Crippen molar-refractivity contribution >= 4 is 11.3 Å². The molecule has 3 heteroatoms. The van der Waals surface area contributed by atoms with E-state index in [2.05, 4.69) is 46.9 Å². The molecule has 0 saturated carbocycles. The van der Waals surface area contributed by atoms with Crippen LogP contribution in [0.25, 0.3) is 10.6 Å². The first kappa shape index (κ1) is 10.3. The third kappa shape index (κ3) is 2.43. The first-order valence-electron chi connectivity index (χ1n) is 4.95. The maximum absolute atomic E-state index is 4.57. The molecule has 0 spiro atoms. The van der Waals surface area contributed by atoms with Crippen LogP contribution >= 0.6 is 11.3 Å². The van der Waals surface area contributed by atoms with E-state index < -0.39 is 0 Å². The lowest BCUT2D eigenvalue weighted by atomic mass is 10.1. The van der Waals surface area contributed by atoms with Crippen molar-refractivity contribution in [3.63, 3.8) is 0 Å². The Bertz CT molecular complexity index is 448. The van der Waals surface area contributed by atoms with Crippen LogP contribution in [0.15, 0.2) is 29.6 Å². The molecular weight excluding hydrogens is 204 g/mol. The number of nitrogens with one attached hydrogen (secondary N) is 1. The second-order valence-corrected chi connectivity index (χ2v) is 4.40. The Morgan fingerprint density at radius 3 is 3.00 bits per heavy atom. The fraction of sp³-hybridized carbons (Fsp3) is 0.250. The fourth-order valence-corrected chi connectivity index (χ4v) is 2.30. The zero-order chi connectivity index (χ0) is 10.7. The molecule has 0 fully saturated rings. The third-order valence-electron chi connectivity index (χ3n) is 2.17. The lowest BCUT2D eigenvalue weighted by Gasteiger charge is -1.97. The van der Waals surface area contributed by atoms with Crippen molar-refractivity contribution in [2.24, 2.45) is 0 Å². The average molecular weight is 218 g/mol. The molecule has 0 radical (unpaired) electrons. The minimum Gasteiger partial charge on any atom is -0.314 e. The Kier molecular flexibility index (Phi) is 3.14. The summed E-state index contributed by atoms with van der Waals surface area (Å²) in [7, 11) is 1.94. The molecule has 1 N–H and O–H groups in total. The molecule has 2 nitrogen and oxygen atoms in total. The fourth-order valence-electron chi connectivity index (χ4n) is 1.48. The van der Waals surface area contributed by atoms with Gasteiger partial charge in [-0.3, -0.25) is 0 Å². The highest BCUT2D eigenvalue weighted by atomic mass is 32.1. The summed E-state index contributed by atoms with van der Waals surface area (Å²) >= 11 is 1.70. The summed E-state index contributed by atoms with van der Waals surface area (Å²) in [4.78, 5) is 4.57. The van der Waals surface area contributed by atoms with E-state index in [0.717, 1.165) is 17.2 Å². The zero-order valence-corrected chi connectivity index (χ0v) is 9.77. The quantitative estimate of drug-likeness (QED) is 0.857. The number of hydrogen-bond donors (Lipinski definition) is 1. The summed E-state index contributed by atoms with van der Waals surface area (Å²) in [5.41, 5.74) is 3.60.